The Morgan fingerprint density at radius 3 is 2.56 bits per heavy atom. The lowest BCUT2D eigenvalue weighted by Gasteiger charge is -2.34. The molecule has 3 aromatic heterocycles. The van der Waals surface area contributed by atoms with E-state index in [2.05, 4.69) is 25.1 Å². The summed E-state index contributed by atoms with van der Waals surface area (Å²) in [5.74, 6) is -0.546. The summed E-state index contributed by atoms with van der Waals surface area (Å²) in [5.41, 5.74) is -0.908. The van der Waals surface area contributed by atoms with Gasteiger partial charge in [-0.25, -0.2) is 28.7 Å². The highest BCUT2D eigenvalue weighted by Gasteiger charge is 2.40. The molecule has 0 spiro atoms. The second kappa shape index (κ2) is 6.72. The highest BCUT2D eigenvalue weighted by Crippen LogP contribution is 2.36. The van der Waals surface area contributed by atoms with Crippen molar-refractivity contribution in [3.8, 4) is 5.69 Å². The molecule has 9 nitrogen and oxygen atoms in total. The SMILES string of the molecule is C[C@@H](n1cncn1)[C@](O)(Cn1cncn1)c1ccc(-n2ccnc2)cc1F. The number of aromatic nitrogens is 8. The zero-order valence-corrected chi connectivity index (χ0v) is 14.5. The Morgan fingerprint density at radius 1 is 1.11 bits per heavy atom. The van der Waals surface area contributed by atoms with E-state index in [1.54, 1.807) is 42.3 Å². The highest BCUT2D eigenvalue weighted by atomic mass is 19.1. The summed E-state index contributed by atoms with van der Waals surface area (Å²) in [4.78, 5) is 11.8. The van der Waals surface area contributed by atoms with Crippen LogP contribution in [0.5, 0.6) is 0 Å². The minimum Gasteiger partial charge on any atom is -0.381 e. The third-order valence-corrected chi connectivity index (χ3v) is 4.62. The van der Waals surface area contributed by atoms with Gasteiger partial charge < -0.3 is 9.67 Å². The van der Waals surface area contributed by atoms with Crippen LogP contribution in [0.25, 0.3) is 5.69 Å². The monoisotopic (exact) mass is 368 g/mol. The Balaban J connectivity index is 1.78. The molecule has 0 fully saturated rings. The quantitative estimate of drug-likeness (QED) is 0.551. The molecular formula is C17H17FN8O. The van der Waals surface area contributed by atoms with Crippen LogP contribution in [-0.4, -0.2) is 44.2 Å². The lowest BCUT2D eigenvalue weighted by Crippen LogP contribution is -2.40. The first-order valence-corrected chi connectivity index (χ1v) is 8.25. The zero-order valence-electron chi connectivity index (χ0n) is 14.5. The Morgan fingerprint density at radius 2 is 1.93 bits per heavy atom. The summed E-state index contributed by atoms with van der Waals surface area (Å²) in [6.45, 7) is 1.74. The van der Waals surface area contributed by atoms with Crippen molar-refractivity contribution in [1.29, 1.82) is 0 Å². The molecule has 3 heterocycles. The predicted octanol–water partition coefficient (Wildman–Crippen LogP) is 1.34. The van der Waals surface area contributed by atoms with E-state index in [-0.39, 0.29) is 12.1 Å². The number of hydrogen-bond donors (Lipinski definition) is 1. The van der Waals surface area contributed by atoms with E-state index < -0.39 is 17.5 Å². The molecule has 1 N–H and O–H groups in total. The molecule has 0 saturated heterocycles. The van der Waals surface area contributed by atoms with E-state index in [1.807, 2.05) is 0 Å². The number of rotatable bonds is 6. The molecule has 2 atom stereocenters. The predicted molar refractivity (Wildman–Crippen MR) is 92.2 cm³/mol. The third-order valence-electron chi connectivity index (χ3n) is 4.62. The lowest BCUT2D eigenvalue weighted by molar-refractivity contribution is -0.0369. The Bertz CT molecular complexity index is 1000. The van der Waals surface area contributed by atoms with Gasteiger partial charge in [0.05, 0.1) is 18.9 Å². The van der Waals surface area contributed by atoms with Crippen LogP contribution in [0.1, 0.15) is 18.5 Å². The summed E-state index contributed by atoms with van der Waals surface area (Å²) in [6.07, 6.45) is 10.6. The van der Waals surface area contributed by atoms with E-state index in [0.717, 1.165) is 0 Å². The molecule has 4 rings (SSSR count). The number of nitrogens with zero attached hydrogens (tertiary/aromatic N) is 8. The second-order valence-electron chi connectivity index (χ2n) is 6.20. The molecule has 138 valence electrons. The highest BCUT2D eigenvalue weighted by molar-refractivity contribution is 5.38. The van der Waals surface area contributed by atoms with E-state index in [4.69, 9.17) is 0 Å². The Kier molecular flexibility index (Phi) is 4.24. The first kappa shape index (κ1) is 17.0. The van der Waals surface area contributed by atoms with Crippen molar-refractivity contribution in [2.45, 2.75) is 25.1 Å². The standard InChI is InChI=1S/C17H17FN8O/c1-13(26-12-21-9-23-26)17(27,7-25-11-20-8-22-25)15-3-2-14(6-16(15)18)24-5-4-19-10-24/h2-6,8-13,27H,7H2,1H3/t13-,17-/m1/s1. The minimum absolute atomic E-state index is 0.00459. The van der Waals surface area contributed by atoms with E-state index in [9.17, 15) is 5.11 Å². The van der Waals surface area contributed by atoms with Crippen LogP contribution >= 0.6 is 0 Å². The average molecular weight is 368 g/mol. The van der Waals surface area contributed by atoms with Gasteiger partial charge in [-0.2, -0.15) is 10.2 Å². The first-order valence-electron chi connectivity index (χ1n) is 8.25. The molecule has 0 saturated carbocycles. The van der Waals surface area contributed by atoms with Gasteiger partial charge >= 0.3 is 0 Å². The van der Waals surface area contributed by atoms with Crippen molar-refractivity contribution in [2.75, 3.05) is 0 Å². The molecule has 0 aliphatic heterocycles. The maximum atomic E-state index is 15.1. The fraction of sp³-hybridized carbons (Fsp3) is 0.235. The molecule has 10 heteroatoms. The normalized spacial score (nSPS) is 14.8. The van der Waals surface area contributed by atoms with Gasteiger partial charge in [0.2, 0.25) is 0 Å². The van der Waals surface area contributed by atoms with Gasteiger partial charge in [-0.05, 0) is 19.1 Å². The lowest BCUT2D eigenvalue weighted by atomic mass is 9.86. The summed E-state index contributed by atoms with van der Waals surface area (Å²) in [6, 6.07) is 4.03. The molecular weight excluding hydrogens is 351 g/mol. The number of halogens is 1. The van der Waals surface area contributed by atoms with Crippen LogP contribution < -0.4 is 0 Å². The van der Waals surface area contributed by atoms with Gasteiger partial charge in [-0.3, -0.25) is 0 Å². The van der Waals surface area contributed by atoms with Gasteiger partial charge in [0, 0.05) is 23.6 Å². The maximum absolute atomic E-state index is 15.1. The maximum Gasteiger partial charge on any atom is 0.137 e. The average Bonchev–Trinajstić information content (AvgIpc) is 3.43. The van der Waals surface area contributed by atoms with Crippen molar-refractivity contribution < 1.29 is 9.50 Å². The molecule has 0 aliphatic carbocycles. The molecule has 27 heavy (non-hydrogen) atoms. The largest absolute Gasteiger partial charge is 0.381 e. The van der Waals surface area contributed by atoms with Crippen LogP contribution in [0.15, 0.2) is 62.2 Å². The van der Waals surface area contributed by atoms with Gasteiger partial charge in [0.15, 0.2) is 0 Å². The zero-order chi connectivity index (χ0) is 18.9. The van der Waals surface area contributed by atoms with Gasteiger partial charge in [-0.1, -0.05) is 6.07 Å². The summed E-state index contributed by atoms with van der Waals surface area (Å²) in [7, 11) is 0. The summed E-state index contributed by atoms with van der Waals surface area (Å²) < 4.78 is 19.7. The third kappa shape index (κ3) is 3.10. The number of benzene rings is 1. The number of hydrogen-bond acceptors (Lipinski definition) is 6. The van der Waals surface area contributed by atoms with Crippen molar-refractivity contribution in [1.82, 2.24) is 39.1 Å². The number of imidazole rings is 1. The second-order valence-corrected chi connectivity index (χ2v) is 6.20. The number of aliphatic hydroxyl groups is 1. The van der Waals surface area contributed by atoms with Crippen molar-refractivity contribution in [3.05, 3.63) is 73.6 Å². The van der Waals surface area contributed by atoms with Crippen molar-refractivity contribution in [3.63, 3.8) is 0 Å². The molecule has 4 aromatic rings. The summed E-state index contributed by atoms with van der Waals surface area (Å²) >= 11 is 0. The van der Waals surface area contributed by atoms with Crippen LogP contribution in [-0.2, 0) is 12.1 Å². The fourth-order valence-electron chi connectivity index (χ4n) is 3.07. The van der Waals surface area contributed by atoms with Crippen LogP contribution in [0.3, 0.4) is 0 Å². The molecule has 0 radical (unpaired) electrons. The smallest absolute Gasteiger partial charge is 0.137 e. The molecule has 0 aliphatic rings. The minimum atomic E-state index is -1.64. The summed E-state index contributed by atoms with van der Waals surface area (Å²) in [5, 5.41) is 19.7. The van der Waals surface area contributed by atoms with Crippen molar-refractivity contribution >= 4 is 0 Å². The van der Waals surface area contributed by atoms with E-state index in [1.165, 1.54) is 40.7 Å². The fourth-order valence-corrected chi connectivity index (χ4v) is 3.07. The first-order chi connectivity index (χ1) is 13.1. The van der Waals surface area contributed by atoms with E-state index >= 15 is 4.39 Å². The molecule has 0 amide bonds. The van der Waals surface area contributed by atoms with Crippen LogP contribution in [0.4, 0.5) is 4.39 Å². The molecule has 0 bridgehead atoms. The van der Waals surface area contributed by atoms with Gasteiger partial charge in [-0.15, -0.1) is 0 Å². The molecule has 1 aromatic carbocycles. The molecule has 0 unspecified atom stereocenters. The van der Waals surface area contributed by atoms with Gasteiger partial charge in [0.25, 0.3) is 0 Å². The van der Waals surface area contributed by atoms with Gasteiger partial charge in [0.1, 0.15) is 36.7 Å². The van der Waals surface area contributed by atoms with E-state index in [0.29, 0.717) is 5.69 Å². The van der Waals surface area contributed by atoms with Crippen LogP contribution in [0.2, 0.25) is 0 Å². The van der Waals surface area contributed by atoms with Crippen molar-refractivity contribution in [2.24, 2.45) is 0 Å². The topological polar surface area (TPSA) is 99.5 Å². The van der Waals surface area contributed by atoms with Crippen LogP contribution in [0, 0.1) is 5.82 Å². The Hall–Kier alpha value is -3.40. The Labute approximate surface area is 153 Å².